The Bertz CT molecular complexity index is 1770. The Balaban J connectivity index is 1.42. The second-order valence-electron chi connectivity index (χ2n) is 12.1. The van der Waals surface area contributed by atoms with E-state index in [1.807, 2.05) is 0 Å². The highest BCUT2D eigenvalue weighted by atomic mass is 19.1. The minimum absolute atomic E-state index is 0.0735. The molecule has 232 valence electrons. The van der Waals surface area contributed by atoms with Gasteiger partial charge in [-0.05, 0) is 66.8 Å². The van der Waals surface area contributed by atoms with Crippen LogP contribution < -0.4 is 14.4 Å². The topological polar surface area (TPSA) is 104 Å². The monoisotopic (exact) mass is 609 g/mol. The van der Waals surface area contributed by atoms with Gasteiger partial charge in [0.1, 0.15) is 53.4 Å². The third kappa shape index (κ3) is 4.57. The first-order chi connectivity index (χ1) is 21.2. The molecular weight excluding hydrogens is 575 g/mol. The summed E-state index contributed by atoms with van der Waals surface area (Å²) in [4.78, 5) is 17.7. The minimum Gasteiger partial charge on any atom is -0.508 e. The number of hydrogen-bond donors (Lipinski definition) is 2. The van der Waals surface area contributed by atoms with Gasteiger partial charge in [-0.2, -0.15) is 9.97 Å². The first-order valence-corrected chi connectivity index (χ1v) is 15.1. The van der Waals surface area contributed by atoms with Gasteiger partial charge in [0.2, 0.25) is 5.88 Å². The third-order valence-electron chi connectivity index (χ3n) is 9.46. The zero-order chi connectivity index (χ0) is 30.7. The largest absolute Gasteiger partial charge is 0.508 e. The van der Waals surface area contributed by atoms with Crippen LogP contribution in [0, 0.1) is 11.6 Å². The first-order valence-electron chi connectivity index (χ1n) is 15.1. The van der Waals surface area contributed by atoms with Gasteiger partial charge in [0.05, 0.1) is 11.6 Å². The summed E-state index contributed by atoms with van der Waals surface area (Å²) in [6.45, 7) is 3.13. The van der Waals surface area contributed by atoms with E-state index in [4.69, 9.17) is 9.47 Å². The number of fused-ring (bicyclic) bond motifs is 2. The van der Waals surface area contributed by atoms with Crippen LogP contribution in [0.15, 0.2) is 24.3 Å². The second-order valence-corrected chi connectivity index (χ2v) is 12.1. The lowest BCUT2D eigenvalue weighted by atomic mass is 9.94. The molecule has 3 atom stereocenters. The fraction of sp³-hybridized carbons (Fsp3) is 0.469. The van der Waals surface area contributed by atoms with Gasteiger partial charge in [-0.25, -0.2) is 18.2 Å². The molecule has 2 N–H and O–H groups in total. The highest BCUT2D eigenvalue weighted by molar-refractivity contribution is 6.03. The van der Waals surface area contributed by atoms with Gasteiger partial charge in [0, 0.05) is 32.2 Å². The number of ether oxygens (including phenoxy) is 2. The molecule has 4 aromatic rings. The number of aromatic nitrogens is 3. The predicted octanol–water partition coefficient (Wildman–Crippen LogP) is 4.93. The van der Waals surface area contributed by atoms with Crippen molar-refractivity contribution >= 4 is 27.5 Å². The summed E-state index contributed by atoms with van der Waals surface area (Å²) in [5.41, 5.74) is -0.173. The van der Waals surface area contributed by atoms with Gasteiger partial charge >= 0.3 is 6.01 Å². The normalized spacial score (nSPS) is 23.3. The van der Waals surface area contributed by atoms with Crippen molar-refractivity contribution in [2.75, 3.05) is 44.9 Å². The van der Waals surface area contributed by atoms with Crippen molar-refractivity contribution in [3.63, 3.8) is 0 Å². The Labute approximate surface area is 252 Å². The molecule has 5 heterocycles. The molecule has 9 nitrogen and oxygen atoms in total. The van der Waals surface area contributed by atoms with Crippen molar-refractivity contribution < 1.29 is 32.9 Å². The number of phenols is 1. The summed E-state index contributed by atoms with van der Waals surface area (Å²) in [6.07, 6.45) is 1.82. The maximum absolute atomic E-state index is 16.8. The Hall–Kier alpha value is -3.90. The van der Waals surface area contributed by atoms with E-state index >= 15 is 4.39 Å². The number of anilines is 1. The van der Waals surface area contributed by atoms with Crippen LogP contribution in [0.1, 0.15) is 38.2 Å². The van der Waals surface area contributed by atoms with E-state index in [2.05, 4.69) is 19.9 Å². The number of aromatic hydroxyl groups is 1. The molecule has 2 aromatic carbocycles. The van der Waals surface area contributed by atoms with Crippen LogP contribution in [0.5, 0.6) is 17.6 Å². The maximum atomic E-state index is 16.8. The summed E-state index contributed by atoms with van der Waals surface area (Å²) in [6, 6.07) is 5.33. The average molecular weight is 610 g/mol. The van der Waals surface area contributed by atoms with Gasteiger partial charge in [-0.1, -0.05) is 13.0 Å². The molecule has 12 heteroatoms. The molecule has 0 saturated carbocycles. The number of alkyl halides is 1. The number of halogens is 3. The number of aliphatic hydroxyl groups is 1. The smallest absolute Gasteiger partial charge is 0.319 e. The zero-order valence-electron chi connectivity index (χ0n) is 24.6. The van der Waals surface area contributed by atoms with Crippen LogP contribution >= 0.6 is 0 Å². The molecule has 0 aliphatic carbocycles. The van der Waals surface area contributed by atoms with E-state index < -0.39 is 23.3 Å². The molecule has 0 radical (unpaired) electrons. The number of rotatable bonds is 7. The van der Waals surface area contributed by atoms with Gasteiger partial charge in [0.15, 0.2) is 5.82 Å². The second kappa shape index (κ2) is 10.9. The van der Waals surface area contributed by atoms with E-state index in [1.54, 1.807) is 18.9 Å². The number of aryl methyl sites for hydroxylation is 1. The molecule has 0 amide bonds. The minimum atomic E-state index is -0.938. The molecule has 2 fully saturated rings. The summed E-state index contributed by atoms with van der Waals surface area (Å²) in [5.74, 6) is -0.983. The van der Waals surface area contributed by atoms with Crippen LogP contribution in [0.3, 0.4) is 0 Å². The van der Waals surface area contributed by atoms with Crippen LogP contribution in [-0.2, 0) is 6.42 Å². The van der Waals surface area contributed by atoms with Crippen LogP contribution in [0.25, 0.3) is 32.9 Å². The van der Waals surface area contributed by atoms with E-state index in [9.17, 15) is 19.0 Å². The molecule has 3 aliphatic rings. The molecular formula is C32H34F3N5O4. The van der Waals surface area contributed by atoms with Gasteiger partial charge in [0.25, 0.3) is 0 Å². The van der Waals surface area contributed by atoms with E-state index in [0.717, 1.165) is 19.4 Å². The number of pyridine rings is 1. The van der Waals surface area contributed by atoms with E-state index in [1.165, 1.54) is 24.3 Å². The van der Waals surface area contributed by atoms with Crippen molar-refractivity contribution in [2.45, 2.75) is 56.8 Å². The third-order valence-corrected chi connectivity index (χ3v) is 9.46. The standard InChI is InChI=1S/C32H34F3N5O4/c1-3-21-23(34)6-5-17-11-20(42)12-22(24(17)21)27-26(35)28-25-29(39(2)19(7-10-41)15-43-30(25)36-27)38-31(37-28)44-16-32-8-4-9-40(32)14-18(33)13-32/h5-6,11-12,18-19,41-42H,3-4,7-10,13-16H2,1-2H3/t18-,19+,32+/m1/s1. The van der Waals surface area contributed by atoms with Crippen LogP contribution in [-0.4, -0.2) is 87.8 Å². The first kappa shape index (κ1) is 28.8. The quantitative estimate of drug-likeness (QED) is 0.302. The molecule has 0 unspecified atom stereocenters. The van der Waals surface area contributed by atoms with Crippen LogP contribution in [0.2, 0.25) is 0 Å². The zero-order valence-corrected chi connectivity index (χ0v) is 24.6. The van der Waals surface area contributed by atoms with E-state index in [0.29, 0.717) is 48.0 Å². The fourth-order valence-corrected chi connectivity index (χ4v) is 7.27. The number of likely N-dealkylation sites (N-methyl/N-ethyl adjacent to an activating group) is 1. The van der Waals surface area contributed by atoms with E-state index in [-0.39, 0.29) is 65.7 Å². The Kier molecular flexibility index (Phi) is 7.16. The molecule has 0 spiro atoms. The van der Waals surface area contributed by atoms with Crippen molar-refractivity contribution in [3.05, 3.63) is 41.5 Å². The average Bonchev–Trinajstić information content (AvgIpc) is 3.49. The highest BCUT2D eigenvalue weighted by Gasteiger charge is 2.49. The number of benzene rings is 2. The van der Waals surface area contributed by atoms with Gasteiger partial charge in [-0.15, -0.1) is 0 Å². The lowest BCUT2D eigenvalue weighted by Gasteiger charge is -2.31. The number of phenolic OH excluding ortho intramolecular Hbond substituents is 1. The Morgan fingerprint density at radius 2 is 2.00 bits per heavy atom. The van der Waals surface area contributed by atoms with Crippen molar-refractivity contribution in [3.8, 4) is 28.9 Å². The summed E-state index contributed by atoms with van der Waals surface area (Å²) < 4.78 is 58.5. The Morgan fingerprint density at radius 3 is 2.80 bits per heavy atom. The lowest BCUT2D eigenvalue weighted by molar-refractivity contribution is 0.107. The number of aliphatic hydroxyl groups excluding tert-OH is 1. The van der Waals surface area contributed by atoms with Crippen molar-refractivity contribution in [1.29, 1.82) is 0 Å². The molecule has 2 saturated heterocycles. The highest BCUT2D eigenvalue weighted by Crippen LogP contribution is 2.44. The lowest BCUT2D eigenvalue weighted by Crippen LogP contribution is -2.43. The van der Waals surface area contributed by atoms with Crippen LogP contribution in [0.4, 0.5) is 19.0 Å². The molecule has 3 aliphatic heterocycles. The van der Waals surface area contributed by atoms with Gasteiger partial charge < -0.3 is 24.6 Å². The summed E-state index contributed by atoms with van der Waals surface area (Å²) in [7, 11) is 1.78. The number of hydrogen-bond acceptors (Lipinski definition) is 9. The van der Waals surface area contributed by atoms with Gasteiger partial charge in [-0.3, -0.25) is 4.90 Å². The number of nitrogens with zero attached hydrogens (tertiary/aromatic N) is 5. The molecule has 2 aromatic heterocycles. The SMILES string of the molecule is CCc1c(F)ccc2cc(O)cc(-c3nc4c5c(nc(OC[C@@]67CCCN6C[C@H](F)C7)nc5c3F)N(C)[C@@H](CCO)CO4)c12. The maximum Gasteiger partial charge on any atom is 0.319 e. The Morgan fingerprint density at radius 1 is 1.16 bits per heavy atom. The summed E-state index contributed by atoms with van der Waals surface area (Å²) in [5, 5.41) is 21.5. The van der Waals surface area contributed by atoms with Crippen molar-refractivity contribution in [1.82, 2.24) is 19.9 Å². The predicted molar refractivity (Wildman–Crippen MR) is 159 cm³/mol. The molecule has 44 heavy (non-hydrogen) atoms. The van der Waals surface area contributed by atoms with Crippen molar-refractivity contribution in [2.24, 2.45) is 0 Å². The fourth-order valence-electron chi connectivity index (χ4n) is 7.27. The molecule has 0 bridgehead atoms. The molecule has 7 rings (SSSR count). The summed E-state index contributed by atoms with van der Waals surface area (Å²) >= 11 is 0.